The van der Waals surface area contributed by atoms with E-state index < -0.39 is 0 Å². The number of carbonyl (C=O) groups is 2. The molecule has 1 aromatic rings. The number of nitrogens with zero attached hydrogens (tertiary/aromatic N) is 1. The van der Waals surface area contributed by atoms with Crippen molar-refractivity contribution >= 4 is 11.8 Å². The molecule has 0 spiro atoms. The average Bonchev–Trinajstić information content (AvgIpc) is 2.66. The molecular formula is C14H13NO3. The summed E-state index contributed by atoms with van der Waals surface area (Å²) in [7, 11) is 0. The molecule has 2 aliphatic heterocycles. The number of carbonyl (C=O) groups excluding carboxylic acids is 2. The van der Waals surface area contributed by atoms with E-state index in [9.17, 15) is 9.59 Å². The van der Waals surface area contributed by atoms with Crippen molar-refractivity contribution in [2.75, 3.05) is 19.8 Å². The number of imide groups is 1. The Balaban J connectivity index is 1.86. The van der Waals surface area contributed by atoms with Crippen molar-refractivity contribution < 1.29 is 14.3 Å². The van der Waals surface area contributed by atoms with Crippen LogP contribution in [0.25, 0.3) is 0 Å². The van der Waals surface area contributed by atoms with Gasteiger partial charge in [0.25, 0.3) is 11.8 Å². The highest BCUT2D eigenvalue weighted by atomic mass is 16.5. The molecule has 0 bridgehead atoms. The number of amides is 2. The quantitative estimate of drug-likeness (QED) is 0.586. The van der Waals surface area contributed by atoms with Gasteiger partial charge in [-0.15, -0.1) is 0 Å². The number of hydrogen-bond donors (Lipinski definition) is 0. The lowest BCUT2D eigenvalue weighted by Crippen LogP contribution is -2.32. The summed E-state index contributed by atoms with van der Waals surface area (Å²) in [5.74, 6) is -0.383. The standard InChI is InChI=1S/C14H13NO3/c16-13-11-3-1-2-4-12(11)14(17)15(13)9-10-5-7-18-8-6-10/h1-5H,6-9H2. The van der Waals surface area contributed by atoms with E-state index in [2.05, 4.69) is 0 Å². The van der Waals surface area contributed by atoms with Gasteiger partial charge in [-0.25, -0.2) is 0 Å². The number of fused-ring (bicyclic) bond motifs is 1. The van der Waals surface area contributed by atoms with E-state index in [1.807, 2.05) is 6.08 Å². The van der Waals surface area contributed by atoms with Crippen LogP contribution in [0.2, 0.25) is 0 Å². The fourth-order valence-corrected chi connectivity index (χ4v) is 2.29. The summed E-state index contributed by atoms with van der Waals surface area (Å²) in [5.41, 5.74) is 2.11. The van der Waals surface area contributed by atoms with Crippen molar-refractivity contribution in [1.29, 1.82) is 0 Å². The molecule has 92 valence electrons. The summed E-state index contributed by atoms with van der Waals surface area (Å²) in [4.78, 5) is 25.6. The molecule has 18 heavy (non-hydrogen) atoms. The zero-order chi connectivity index (χ0) is 12.5. The van der Waals surface area contributed by atoms with Gasteiger partial charge < -0.3 is 4.74 Å². The Morgan fingerprint density at radius 2 is 1.78 bits per heavy atom. The molecule has 0 N–H and O–H groups in total. The van der Waals surface area contributed by atoms with Gasteiger partial charge in [0.1, 0.15) is 0 Å². The molecular weight excluding hydrogens is 230 g/mol. The van der Waals surface area contributed by atoms with Crippen molar-refractivity contribution in [3.05, 3.63) is 47.0 Å². The lowest BCUT2D eigenvalue weighted by atomic mass is 10.1. The summed E-state index contributed by atoms with van der Waals surface area (Å²) >= 11 is 0. The third-order valence-electron chi connectivity index (χ3n) is 3.30. The van der Waals surface area contributed by atoms with Gasteiger partial charge in [0, 0.05) is 0 Å². The highest BCUT2D eigenvalue weighted by Gasteiger charge is 2.35. The lowest BCUT2D eigenvalue weighted by molar-refractivity contribution is 0.0660. The highest BCUT2D eigenvalue weighted by molar-refractivity contribution is 6.21. The largest absolute Gasteiger partial charge is 0.377 e. The predicted molar refractivity (Wildman–Crippen MR) is 65.3 cm³/mol. The maximum absolute atomic E-state index is 12.1. The second-order valence-electron chi connectivity index (χ2n) is 4.43. The topological polar surface area (TPSA) is 46.6 Å². The molecule has 0 saturated carbocycles. The average molecular weight is 243 g/mol. The molecule has 4 nitrogen and oxygen atoms in total. The zero-order valence-electron chi connectivity index (χ0n) is 9.89. The SMILES string of the molecule is O=C1c2ccccc2C(=O)N1CC1=CCOCC1. The minimum atomic E-state index is -0.192. The molecule has 0 unspecified atom stereocenters. The summed E-state index contributed by atoms with van der Waals surface area (Å²) in [5, 5.41) is 0. The van der Waals surface area contributed by atoms with E-state index in [4.69, 9.17) is 4.74 Å². The van der Waals surface area contributed by atoms with E-state index >= 15 is 0 Å². The first-order valence-corrected chi connectivity index (χ1v) is 5.98. The fourth-order valence-electron chi connectivity index (χ4n) is 2.29. The van der Waals surface area contributed by atoms with Gasteiger partial charge >= 0.3 is 0 Å². The summed E-state index contributed by atoms with van der Waals surface area (Å²) in [6, 6.07) is 6.96. The van der Waals surface area contributed by atoms with Gasteiger partial charge in [-0.05, 0) is 24.1 Å². The van der Waals surface area contributed by atoms with E-state index in [0.717, 1.165) is 12.0 Å². The molecule has 0 aromatic heterocycles. The first kappa shape index (κ1) is 11.2. The molecule has 0 aliphatic carbocycles. The van der Waals surface area contributed by atoms with Crippen molar-refractivity contribution in [3.63, 3.8) is 0 Å². The molecule has 2 amide bonds. The number of benzene rings is 1. The Bertz CT molecular complexity index is 513. The maximum Gasteiger partial charge on any atom is 0.261 e. The summed E-state index contributed by atoms with van der Waals surface area (Å²) in [6.07, 6.45) is 2.74. The van der Waals surface area contributed by atoms with Gasteiger partial charge in [0.05, 0.1) is 30.9 Å². The van der Waals surface area contributed by atoms with Crippen molar-refractivity contribution in [3.8, 4) is 0 Å². The molecule has 1 aromatic carbocycles. The Morgan fingerprint density at radius 3 is 2.33 bits per heavy atom. The van der Waals surface area contributed by atoms with E-state index in [0.29, 0.717) is 30.9 Å². The molecule has 0 atom stereocenters. The van der Waals surface area contributed by atoms with Crippen LogP contribution in [0.4, 0.5) is 0 Å². The normalized spacial score (nSPS) is 18.9. The van der Waals surface area contributed by atoms with Crippen LogP contribution >= 0.6 is 0 Å². The van der Waals surface area contributed by atoms with Crippen LogP contribution in [-0.4, -0.2) is 36.5 Å². The third-order valence-corrected chi connectivity index (χ3v) is 3.30. The smallest absolute Gasteiger partial charge is 0.261 e. The molecule has 3 rings (SSSR count). The van der Waals surface area contributed by atoms with Crippen molar-refractivity contribution in [2.24, 2.45) is 0 Å². The van der Waals surface area contributed by atoms with Crippen LogP contribution < -0.4 is 0 Å². The van der Waals surface area contributed by atoms with Gasteiger partial charge in [-0.3, -0.25) is 14.5 Å². The number of rotatable bonds is 2. The molecule has 2 aliphatic rings. The second-order valence-corrected chi connectivity index (χ2v) is 4.43. The van der Waals surface area contributed by atoms with Crippen LogP contribution in [-0.2, 0) is 4.74 Å². The number of hydrogen-bond acceptors (Lipinski definition) is 3. The van der Waals surface area contributed by atoms with Crippen LogP contribution in [0.3, 0.4) is 0 Å². The first-order chi connectivity index (χ1) is 8.77. The van der Waals surface area contributed by atoms with E-state index in [1.165, 1.54) is 4.90 Å². The predicted octanol–water partition coefficient (Wildman–Crippen LogP) is 1.63. The Hall–Kier alpha value is -1.94. The van der Waals surface area contributed by atoms with Crippen molar-refractivity contribution in [2.45, 2.75) is 6.42 Å². The maximum atomic E-state index is 12.1. The molecule has 2 heterocycles. The van der Waals surface area contributed by atoms with E-state index in [-0.39, 0.29) is 11.8 Å². The fraction of sp³-hybridized carbons (Fsp3) is 0.286. The Labute approximate surface area is 105 Å². The highest BCUT2D eigenvalue weighted by Crippen LogP contribution is 2.24. The van der Waals surface area contributed by atoms with Crippen molar-refractivity contribution in [1.82, 2.24) is 4.90 Å². The third kappa shape index (κ3) is 1.75. The van der Waals surface area contributed by atoms with Gasteiger partial charge in [0.15, 0.2) is 0 Å². The summed E-state index contributed by atoms with van der Waals surface area (Å²) in [6.45, 7) is 1.61. The monoisotopic (exact) mass is 243 g/mol. The second kappa shape index (κ2) is 4.38. The van der Waals surface area contributed by atoms with Crippen LogP contribution in [0.15, 0.2) is 35.9 Å². The van der Waals surface area contributed by atoms with Gasteiger partial charge in [-0.1, -0.05) is 18.2 Å². The molecule has 0 radical (unpaired) electrons. The Morgan fingerprint density at radius 1 is 1.11 bits per heavy atom. The lowest BCUT2D eigenvalue weighted by Gasteiger charge is -2.19. The number of ether oxygens (including phenoxy) is 1. The van der Waals surface area contributed by atoms with Crippen LogP contribution in [0.1, 0.15) is 27.1 Å². The first-order valence-electron chi connectivity index (χ1n) is 5.98. The molecule has 0 fully saturated rings. The van der Waals surface area contributed by atoms with Crippen LogP contribution in [0.5, 0.6) is 0 Å². The van der Waals surface area contributed by atoms with Gasteiger partial charge in [-0.2, -0.15) is 0 Å². The van der Waals surface area contributed by atoms with E-state index in [1.54, 1.807) is 24.3 Å². The van der Waals surface area contributed by atoms with Gasteiger partial charge in [0.2, 0.25) is 0 Å². The van der Waals surface area contributed by atoms with Crippen LogP contribution in [0, 0.1) is 0 Å². The Kier molecular flexibility index (Phi) is 2.72. The minimum absolute atomic E-state index is 0.192. The zero-order valence-corrected chi connectivity index (χ0v) is 9.89. The minimum Gasteiger partial charge on any atom is -0.377 e. The molecule has 4 heteroatoms. The molecule has 0 saturated heterocycles. The summed E-state index contributed by atoms with van der Waals surface area (Å²) < 4.78 is 5.21.